The van der Waals surface area contributed by atoms with Crippen LogP contribution >= 0.6 is 11.6 Å². The molecule has 4 aromatic rings. The van der Waals surface area contributed by atoms with Crippen molar-refractivity contribution in [1.29, 1.82) is 0 Å². The summed E-state index contributed by atoms with van der Waals surface area (Å²) in [5, 5.41) is 3.94. The van der Waals surface area contributed by atoms with Gasteiger partial charge in [0.05, 0.1) is 16.8 Å². The molecular formula is C32H27ClN2O3S. The van der Waals surface area contributed by atoms with Crippen LogP contribution < -0.4 is 9.50 Å². The summed E-state index contributed by atoms with van der Waals surface area (Å²) in [6.45, 7) is 1.89. The molecule has 7 heteroatoms. The van der Waals surface area contributed by atoms with Gasteiger partial charge in [0.15, 0.2) is 5.75 Å². The molecule has 0 spiro atoms. The number of nitrogens with one attached hydrogen (secondary N) is 1. The van der Waals surface area contributed by atoms with Crippen molar-refractivity contribution in [3.05, 3.63) is 130 Å². The van der Waals surface area contributed by atoms with E-state index in [-0.39, 0.29) is 21.7 Å². The SMILES string of the molecule is Cc1ccc(S(=O)(=O)Oc2ccc(C=Nc3ccc([C@@H]4Nc5ccccc5[C@@H]5C=CC[C@@H]54)cc3)cc2Cl)cc1. The number of hydrogen-bond donors (Lipinski definition) is 1. The van der Waals surface area contributed by atoms with Crippen molar-refractivity contribution in [3.63, 3.8) is 0 Å². The predicted octanol–water partition coefficient (Wildman–Crippen LogP) is 7.99. The molecule has 5 nitrogen and oxygen atoms in total. The number of nitrogens with zero attached hydrogens (tertiary/aromatic N) is 1. The van der Waals surface area contributed by atoms with Crippen molar-refractivity contribution in [2.75, 3.05) is 5.32 Å². The lowest BCUT2D eigenvalue weighted by atomic mass is 9.77. The molecule has 0 aromatic heterocycles. The number of benzene rings is 4. The first-order chi connectivity index (χ1) is 18.9. The monoisotopic (exact) mass is 554 g/mol. The van der Waals surface area contributed by atoms with Gasteiger partial charge in [-0.05, 0) is 84.5 Å². The van der Waals surface area contributed by atoms with Gasteiger partial charge in [-0.15, -0.1) is 0 Å². The standard InChI is InChI=1S/C32H27ClN2O3S/c1-21-9-16-25(17-10-21)39(36,37)38-31-18-11-22(19-29(31)33)20-34-24-14-12-23(13-15-24)32-28-7-4-6-26(28)27-5-2-3-8-30(27)35-32/h2-6,8-20,26,28,32,35H,7H2,1H3/t26-,28-,32-/m0/s1. The highest BCUT2D eigenvalue weighted by atomic mass is 35.5. The van der Waals surface area contributed by atoms with Crippen LogP contribution in [-0.4, -0.2) is 14.6 Å². The molecule has 2 aliphatic rings. The van der Waals surface area contributed by atoms with E-state index in [0.29, 0.717) is 11.8 Å². The number of fused-ring (bicyclic) bond motifs is 3. The number of halogens is 1. The van der Waals surface area contributed by atoms with E-state index in [4.69, 9.17) is 15.8 Å². The smallest absolute Gasteiger partial charge is 0.339 e. The predicted molar refractivity (Wildman–Crippen MR) is 157 cm³/mol. The average Bonchev–Trinajstić information content (AvgIpc) is 3.44. The van der Waals surface area contributed by atoms with Gasteiger partial charge >= 0.3 is 10.1 Å². The van der Waals surface area contributed by atoms with Gasteiger partial charge in [-0.3, -0.25) is 4.99 Å². The molecule has 6 rings (SSSR count). The molecule has 1 aliphatic carbocycles. The van der Waals surface area contributed by atoms with Crippen molar-refractivity contribution >= 4 is 39.3 Å². The summed E-state index contributed by atoms with van der Waals surface area (Å²) in [4.78, 5) is 4.67. The van der Waals surface area contributed by atoms with Gasteiger partial charge < -0.3 is 9.50 Å². The summed E-state index contributed by atoms with van der Waals surface area (Å²) < 4.78 is 30.5. The first-order valence-electron chi connectivity index (χ1n) is 12.8. The summed E-state index contributed by atoms with van der Waals surface area (Å²) >= 11 is 6.35. The van der Waals surface area contributed by atoms with E-state index in [0.717, 1.165) is 23.2 Å². The van der Waals surface area contributed by atoms with Crippen LogP contribution in [0.5, 0.6) is 5.75 Å². The van der Waals surface area contributed by atoms with E-state index < -0.39 is 10.1 Å². The van der Waals surface area contributed by atoms with Crippen molar-refractivity contribution in [3.8, 4) is 5.75 Å². The lowest BCUT2D eigenvalue weighted by molar-refractivity contribution is 0.425. The summed E-state index contributed by atoms with van der Waals surface area (Å²) in [5.41, 5.74) is 6.32. The Labute approximate surface area is 234 Å². The van der Waals surface area contributed by atoms with Crippen LogP contribution in [0.3, 0.4) is 0 Å². The molecule has 1 N–H and O–H groups in total. The van der Waals surface area contributed by atoms with Gasteiger partial charge in [0.25, 0.3) is 0 Å². The summed E-state index contributed by atoms with van der Waals surface area (Å²) in [5.74, 6) is 1.00. The van der Waals surface area contributed by atoms with E-state index in [9.17, 15) is 8.42 Å². The van der Waals surface area contributed by atoms with Gasteiger partial charge in [-0.25, -0.2) is 0 Å². The number of rotatable bonds is 6. The zero-order valence-electron chi connectivity index (χ0n) is 21.3. The van der Waals surface area contributed by atoms with E-state index in [1.807, 2.05) is 19.1 Å². The Balaban J connectivity index is 1.15. The third-order valence-corrected chi connectivity index (χ3v) is 8.90. The van der Waals surface area contributed by atoms with E-state index in [1.54, 1.807) is 30.5 Å². The molecule has 39 heavy (non-hydrogen) atoms. The van der Waals surface area contributed by atoms with Gasteiger partial charge in [0, 0.05) is 17.8 Å². The van der Waals surface area contributed by atoms with Crippen molar-refractivity contribution < 1.29 is 12.6 Å². The largest absolute Gasteiger partial charge is 0.378 e. The fraction of sp³-hybridized carbons (Fsp3) is 0.156. The molecule has 0 radical (unpaired) electrons. The number of anilines is 1. The minimum absolute atomic E-state index is 0.0695. The molecule has 0 unspecified atom stereocenters. The highest BCUT2D eigenvalue weighted by Crippen LogP contribution is 2.49. The maximum atomic E-state index is 12.6. The topological polar surface area (TPSA) is 67.8 Å². The Kier molecular flexibility index (Phi) is 6.75. The summed E-state index contributed by atoms with van der Waals surface area (Å²) in [7, 11) is -3.98. The lowest BCUT2D eigenvalue weighted by Crippen LogP contribution is -2.28. The molecular weight excluding hydrogens is 528 g/mol. The van der Waals surface area contributed by atoms with Crippen molar-refractivity contribution in [2.45, 2.75) is 30.2 Å². The normalized spacial score (nSPS) is 19.9. The fourth-order valence-corrected chi connectivity index (χ4v) is 6.55. The molecule has 0 saturated carbocycles. The molecule has 1 aliphatic heterocycles. The van der Waals surface area contributed by atoms with Crippen LogP contribution in [0.4, 0.5) is 11.4 Å². The van der Waals surface area contributed by atoms with Crippen LogP contribution in [0.15, 0.2) is 113 Å². The summed E-state index contributed by atoms with van der Waals surface area (Å²) in [6, 6.07) is 28.4. The molecule has 3 atom stereocenters. The molecule has 1 heterocycles. The Bertz CT molecular complexity index is 1680. The Morgan fingerprint density at radius 1 is 0.974 bits per heavy atom. The number of hydrogen-bond acceptors (Lipinski definition) is 5. The van der Waals surface area contributed by atoms with Crippen molar-refractivity contribution in [1.82, 2.24) is 0 Å². The third-order valence-electron chi connectivity index (χ3n) is 7.35. The van der Waals surface area contributed by atoms with Crippen LogP contribution in [0.1, 0.15) is 40.6 Å². The van der Waals surface area contributed by atoms with Gasteiger partial charge in [0.1, 0.15) is 4.90 Å². The van der Waals surface area contributed by atoms with Crippen LogP contribution in [0.25, 0.3) is 0 Å². The second-order valence-corrected chi connectivity index (χ2v) is 11.9. The minimum Gasteiger partial charge on any atom is -0.378 e. The molecule has 196 valence electrons. The quantitative estimate of drug-likeness (QED) is 0.149. The summed E-state index contributed by atoms with van der Waals surface area (Å²) in [6.07, 6.45) is 7.40. The number of aliphatic imine (C=N–C) groups is 1. The average molecular weight is 555 g/mol. The maximum absolute atomic E-state index is 12.6. The number of para-hydroxylation sites is 1. The van der Waals surface area contributed by atoms with E-state index in [2.05, 4.69) is 58.9 Å². The Morgan fingerprint density at radius 2 is 1.74 bits per heavy atom. The van der Waals surface area contributed by atoms with E-state index >= 15 is 0 Å². The molecule has 4 aromatic carbocycles. The molecule has 0 amide bonds. The third kappa shape index (κ3) is 5.22. The second-order valence-electron chi connectivity index (χ2n) is 9.95. The number of allylic oxidation sites excluding steroid dienone is 2. The molecule has 0 bridgehead atoms. The van der Waals surface area contributed by atoms with Crippen LogP contribution in [0, 0.1) is 12.8 Å². The first-order valence-corrected chi connectivity index (χ1v) is 14.6. The minimum atomic E-state index is -3.98. The fourth-order valence-electron chi connectivity index (χ4n) is 5.33. The zero-order valence-corrected chi connectivity index (χ0v) is 22.9. The zero-order chi connectivity index (χ0) is 27.0. The lowest BCUT2D eigenvalue weighted by Gasteiger charge is -2.37. The number of aryl methyl sites for hydroxylation is 1. The molecule has 0 saturated heterocycles. The Hall–Kier alpha value is -3.87. The van der Waals surface area contributed by atoms with Gasteiger partial charge in [0.2, 0.25) is 0 Å². The highest BCUT2D eigenvalue weighted by Gasteiger charge is 2.37. The Morgan fingerprint density at radius 3 is 2.51 bits per heavy atom. The first kappa shape index (κ1) is 25.4. The highest BCUT2D eigenvalue weighted by molar-refractivity contribution is 7.87. The van der Waals surface area contributed by atoms with Crippen LogP contribution in [0.2, 0.25) is 5.02 Å². The van der Waals surface area contributed by atoms with Gasteiger partial charge in [-0.1, -0.05) is 71.8 Å². The van der Waals surface area contributed by atoms with Crippen molar-refractivity contribution in [2.24, 2.45) is 10.9 Å². The maximum Gasteiger partial charge on any atom is 0.339 e. The van der Waals surface area contributed by atoms with E-state index in [1.165, 1.54) is 35.0 Å². The van der Waals surface area contributed by atoms with Gasteiger partial charge in [-0.2, -0.15) is 8.42 Å². The van der Waals surface area contributed by atoms with Crippen LogP contribution in [-0.2, 0) is 10.1 Å². The second kappa shape index (κ2) is 10.4. The molecule has 0 fully saturated rings.